The van der Waals surface area contributed by atoms with Gasteiger partial charge in [-0.1, -0.05) is 30.8 Å². The Kier molecular flexibility index (Phi) is 7.94. The highest BCUT2D eigenvalue weighted by molar-refractivity contribution is 8.15. The Morgan fingerprint density at radius 1 is 1.16 bits per heavy atom. The van der Waals surface area contributed by atoms with Crippen molar-refractivity contribution in [3.63, 3.8) is 0 Å². The van der Waals surface area contributed by atoms with Gasteiger partial charge >= 0.3 is 0 Å². The molecule has 1 unspecified atom stereocenters. The zero-order valence-electron chi connectivity index (χ0n) is 18.0. The quantitative estimate of drug-likeness (QED) is 0.621. The largest absolute Gasteiger partial charge is 0.495 e. The summed E-state index contributed by atoms with van der Waals surface area (Å²) in [6.45, 7) is 5.10. The van der Waals surface area contributed by atoms with E-state index in [1.54, 1.807) is 24.1 Å². The maximum Gasteiger partial charge on any atom is 0.242 e. The number of para-hydroxylation sites is 2. The van der Waals surface area contributed by atoms with Gasteiger partial charge < -0.3 is 14.8 Å². The van der Waals surface area contributed by atoms with E-state index in [4.69, 9.17) is 9.47 Å². The minimum atomic E-state index is -0.511. The second-order valence-corrected chi connectivity index (χ2v) is 8.04. The number of carbonyl (C=O) groups excluding carboxylic acids is 2. The lowest BCUT2D eigenvalue weighted by atomic mass is 10.2. The van der Waals surface area contributed by atoms with Gasteiger partial charge in [0, 0.05) is 13.0 Å². The third kappa shape index (κ3) is 5.79. The van der Waals surface area contributed by atoms with Crippen molar-refractivity contribution in [2.75, 3.05) is 25.6 Å². The second kappa shape index (κ2) is 10.9. The van der Waals surface area contributed by atoms with E-state index in [1.807, 2.05) is 50.2 Å². The summed E-state index contributed by atoms with van der Waals surface area (Å²) in [7, 11) is 1.55. The van der Waals surface area contributed by atoms with Crippen LogP contribution in [0.2, 0.25) is 0 Å². The van der Waals surface area contributed by atoms with Crippen molar-refractivity contribution in [1.82, 2.24) is 4.90 Å². The van der Waals surface area contributed by atoms with Crippen molar-refractivity contribution >= 4 is 40.1 Å². The van der Waals surface area contributed by atoms with E-state index in [-0.39, 0.29) is 18.2 Å². The number of thioether (sulfide) groups is 1. The summed E-state index contributed by atoms with van der Waals surface area (Å²) in [6.07, 6.45) is 0.860. The number of nitrogens with zero attached hydrogens (tertiary/aromatic N) is 2. The SMILES string of the molecule is CCCN1C(=O)C(CC(=O)Nc2ccccc2OC)SC1=Nc1ccc(OCC)cc1. The Labute approximate surface area is 186 Å². The number of methoxy groups -OCH3 is 1. The molecule has 0 aromatic heterocycles. The number of amides is 2. The summed E-state index contributed by atoms with van der Waals surface area (Å²) in [5.41, 5.74) is 1.32. The van der Waals surface area contributed by atoms with Crippen molar-refractivity contribution < 1.29 is 19.1 Å². The fourth-order valence-corrected chi connectivity index (χ4v) is 4.35. The molecule has 3 rings (SSSR count). The molecule has 0 radical (unpaired) electrons. The molecule has 1 atom stereocenters. The van der Waals surface area contributed by atoms with Gasteiger partial charge in [-0.05, 0) is 49.7 Å². The summed E-state index contributed by atoms with van der Waals surface area (Å²) in [4.78, 5) is 31.9. The standard InChI is InChI=1S/C23H27N3O4S/c1-4-14-26-22(28)20(15-21(27)25-18-8-6-7-9-19(18)29-3)31-23(26)24-16-10-12-17(13-11-16)30-5-2/h6-13,20H,4-5,14-15H2,1-3H3,(H,25,27). The minimum absolute atomic E-state index is 0.0596. The molecule has 7 nitrogen and oxygen atoms in total. The van der Waals surface area contributed by atoms with Crippen LogP contribution in [0.5, 0.6) is 11.5 Å². The normalized spacial score (nSPS) is 17.1. The summed E-state index contributed by atoms with van der Waals surface area (Å²) >= 11 is 1.33. The Hall–Kier alpha value is -3.00. The zero-order chi connectivity index (χ0) is 22.2. The Morgan fingerprint density at radius 3 is 2.58 bits per heavy atom. The first-order valence-electron chi connectivity index (χ1n) is 10.3. The number of nitrogens with one attached hydrogen (secondary N) is 1. The number of amidine groups is 1. The smallest absolute Gasteiger partial charge is 0.242 e. The molecule has 31 heavy (non-hydrogen) atoms. The van der Waals surface area contributed by atoms with E-state index in [9.17, 15) is 9.59 Å². The molecule has 1 fully saturated rings. The van der Waals surface area contributed by atoms with Gasteiger partial charge in [-0.15, -0.1) is 0 Å². The highest BCUT2D eigenvalue weighted by Gasteiger charge is 2.38. The highest BCUT2D eigenvalue weighted by Crippen LogP contribution is 2.33. The average molecular weight is 442 g/mol. The number of anilines is 1. The van der Waals surface area contributed by atoms with Crippen molar-refractivity contribution in [2.45, 2.75) is 31.9 Å². The number of carbonyl (C=O) groups is 2. The van der Waals surface area contributed by atoms with Gasteiger partial charge in [-0.3, -0.25) is 14.5 Å². The Morgan fingerprint density at radius 2 is 1.90 bits per heavy atom. The summed E-state index contributed by atoms with van der Waals surface area (Å²) < 4.78 is 10.7. The predicted octanol–water partition coefficient (Wildman–Crippen LogP) is 4.46. The van der Waals surface area contributed by atoms with Crippen molar-refractivity contribution in [2.24, 2.45) is 4.99 Å². The van der Waals surface area contributed by atoms with Gasteiger partial charge in [-0.25, -0.2) is 4.99 Å². The van der Waals surface area contributed by atoms with E-state index in [0.29, 0.717) is 29.8 Å². The lowest BCUT2D eigenvalue weighted by molar-refractivity contribution is -0.128. The van der Waals surface area contributed by atoms with Crippen LogP contribution in [0.25, 0.3) is 0 Å². The van der Waals surface area contributed by atoms with Gasteiger partial charge in [0.25, 0.3) is 0 Å². The number of rotatable bonds is 9. The van der Waals surface area contributed by atoms with Crippen LogP contribution in [0.4, 0.5) is 11.4 Å². The molecule has 2 aromatic rings. The lowest BCUT2D eigenvalue weighted by Crippen LogP contribution is -2.34. The number of aliphatic imine (C=N–C) groups is 1. The molecule has 1 saturated heterocycles. The summed E-state index contributed by atoms with van der Waals surface area (Å²) in [5.74, 6) is 1.02. The van der Waals surface area contributed by atoms with Gasteiger partial charge in [0.15, 0.2) is 5.17 Å². The number of ether oxygens (including phenoxy) is 2. The fourth-order valence-electron chi connectivity index (χ4n) is 3.17. The van der Waals surface area contributed by atoms with Crippen LogP contribution in [0.3, 0.4) is 0 Å². The van der Waals surface area contributed by atoms with Crippen molar-refractivity contribution in [1.29, 1.82) is 0 Å². The van der Waals surface area contributed by atoms with Crippen LogP contribution in [0, 0.1) is 0 Å². The van der Waals surface area contributed by atoms with Gasteiger partial charge in [0.05, 0.1) is 25.1 Å². The zero-order valence-corrected chi connectivity index (χ0v) is 18.8. The maximum absolute atomic E-state index is 12.9. The van der Waals surface area contributed by atoms with Crippen molar-refractivity contribution in [3.8, 4) is 11.5 Å². The van der Waals surface area contributed by atoms with E-state index in [0.717, 1.165) is 17.9 Å². The maximum atomic E-state index is 12.9. The number of hydrogen-bond acceptors (Lipinski definition) is 6. The fraction of sp³-hybridized carbons (Fsp3) is 0.348. The summed E-state index contributed by atoms with van der Waals surface area (Å²) in [5, 5.41) is 2.94. The third-order valence-corrected chi connectivity index (χ3v) is 5.77. The first-order valence-corrected chi connectivity index (χ1v) is 11.2. The summed E-state index contributed by atoms with van der Waals surface area (Å²) in [6, 6.07) is 14.6. The van der Waals surface area contributed by atoms with E-state index < -0.39 is 5.25 Å². The van der Waals surface area contributed by atoms with Gasteiger partial charge in [0.2, 0.25) is 11.8 Å². The average Bonchev–Trinajstić information content (AvgIpc) is 3.04. The Bertz CT molecular complexity index is 946. The number of benzene rings is 2. The molecular formula is C23H27N3O4S. The lowest BCUT2D eigenvalue weighted by Gasteiger charge is -2.15. The van der Waals surface area contributed by atoms with Crippen LogP contribution >= 0.6 is 11.8 Å². The van der Waals surface area contributed by atoms with Crippen LogP contribution in [0.15, 0.2) is 53.5 Å². The van der Waals surface area contributed by atoms with E-state index in [2.05, 4.69) is 10.3 Å². The second-order valence-electron chi connectivity index (χ2n) is 6.87. The van der Waals surface area contributed by atoms with Crippen LogP contribution < -0.4 is 14.8 Å². The molecule has 1 aliphatic rings. The first kappa shape index (κ1) is 22.7. The first-order chi connectivity index (χ1) is 15.0. The monoisotopic (exact) mass is 441 g/mol. The molecule has 2 aromatic carbocycles. The molecule has 0 bridgehead atoms. The molecular weight excluding hydrogens is 414 g/mol. The number of hydrogen-bond donors (Lipinski definition) is 1. The van der Waals surface area contributed by atoms with Crippen LogP contribution in [0.1, 0.15) is 26.7 Å². The minimum Gasteiger partial charge on any atom is -0.495 e. The molecule has 0 aliphatic carbocycles. The van der Waals surface area contributed by atoms with Crippen LogP contribution in [-0.2, 0) is 9.59 Å². The van der Waals surface area contributed by atoms with Gasteiger partial charge in [0.1, 0.15) is 16.7 Å². The topological polar surface area (TPSA) is 80.2 Å². The third-order valence-electron chi connectivity index (χ3n) is 4.59. The Balaban J connectivity index is 1.72. The van der Waals surface area contributed by atoms with E-state index >= 15 is 0 Å². The molecule has 1 N–H and O–H groups in total. The molecule has 8 heteroatoms. The van der Waals surface area contributed by atoms with Gasteiger partial charge in [-0.2, -0.15) is 0 Å². The molecule has 1 heterocycles. The molecule has 2 amide bonds. The molecule has 0 spiro atoms. The predicted molar refractivity (Wildman–Crippen MR) is 124 cm³/mol. The molecule has 0 saturated carbocycles. The molecule has 164 valence electrons. The molecule has 1 aliphatic heterocycles. The van der Waals surface area contributed by atoms with Crippen LogP contribution in [-0.4, -0.2) is 47.4 Å². The van der Waals surface area contributed by atoms with Crippen molar-refractivity contribution in [3.05, 3.63) is 48.5 Å². The highest BCUT2D eigenvalue weighted by atomic mass is 32.2. The van der Waals surface area contributed by atoms with E-state index in [1.165, 1.54) is 11.8 Å².